The summed E-state index contributed by atoms with van der Waals surface area (Å²) in [5.41, 5.74) is 0. The number of nitrogens with one attached hydrogen (secondary N) is 2. The average Bonchev–Trinajstić information content (AvgIpc) is 2.49. The molecule has 3 rings (SSSR count). The molecule has 1 aliphatic rings. The number of hydrogen-bond donors (Lipinski definition) is 2. The maximum atomic E-state index is 12.5. The monoisotopic (exact) mass is 333 g/mol. The molecule has 5 nitrogen and oxygen atoms in total. The van der Waals surface area contributed by atoms with Crippen molar-refractivity contribution in [2.45, 2.75) is 37.1 Å². The Bertz CT molecular complexity index is 772. The highest BCUT2D eigenvalue weighted by Gasteiger charge is 2.19. The summed E-state index contributed by atoms with van der Waals surface area (Å²) in [6.07, 6.45) is 7.30. The zero-order valence-corrected chi connectivity index (χ0v) is 14.1. The summed E-state index contributed by atoms with van der Waals surface area (Å²) in [6.45, 7) is 3.51. The predicted molar refractivity (Wildman–Crippen MR) is 91.7 cm³/mol. The molecule has 23 heavy (non-hydrogen) atoms. The van der Waals surface area contributed by atoms with Crippen LogP contribution in [-0.2, 0) is 10.0 Å². The van der Waals surface area contributed by atoms with Gasteiger partial charge in [-0.05, 0) is 55.8 Å². The van der Waals surface area contributed by atoms with Gasteiger partial charge in [0.2, 0.25) is 10.0 Å². The molecule has 0 amide bonds. The number of rotatable bonds is 7. The van der Waals surface area contributed by atoms with Gasteiger partial charge in [0, 0.05) is 30.4 Å². The lowest BCUT2D eigenvalue weighted by Crippen LogP contribution is -2.41. The van der Waals surface area contributed by atoms with Crippen molar-refractivity contribution in [1.82, 2.24) is 15.0 Å². The van der Waals surface area contributed by atoms with Gasteiger partial charge in [-0.2, -0.15) is 0 Å². The zero-order chi connectivity index (χ0) is 16.3. The third-order valence-electron chi connectivity index (χ3n) is 4.39. The van der Waals surface area contributed by atoms with Crippen LogP contribution in [0.4, 0.5) is 0 Å². The van der Waals surface area contributed by atoms with Crippen molar-refractivity contribution in [2.75, 3.05) is 13.1 Å². The Labute approximate surface area is 137 Å². The molecule has 0 radical (unpaired) electrons. The van der Waals surface area contributed by atoms with Gasteiger partial charge in [-0.15, -0.1) is 0 Å². The van der Waals surface area contributed by atoms with Gasteiger partial charge >= 0.3 is 0 Å². The molecule has 0 saturated heterocycles. The van der Waals surface area contributed by atoms with Gasteiger partial charge in [-0.1, -0.05) is 12.5 Å². The number of aromatic nitrogens is 1. The van der Waals surface area contributed by atoms with Crippen LogP contribution in [0.25, 0.3) is 10.8 Å². The maximum absolute atomic E-state index is 12.5. The molecular weight excluding hydrogens is 310 g/mol. The molecule has 1 fully saturated rings. The molecular formula is C17H23N3O2S. The van der Waals surface area contributed by atoms with E-state index >= 15 is 0 Å². The van der Waals surface area contributed by atoms with E-state index in [9.17, 15) is 8.42 Å². The van der Waals surface area contributed by atoms with Crippen LogP contribution in [0.5, 0.6) is 0 Å². The van der Waals surface area contributed by atoms with Crippen LogP contribution in [-0.4, -0.2) is 32.5 Å². The Morgan fingerprint density at radius 3 is 2.83 bits per heavy atom. The van der Waals surface area contributed by atoms with Gasteiger partial charge in [-0.25, -0.2) is 13.1 Å². The summed E-state index contributed by atoms with van der Waals surface area (Å²) in [7, 11) is -3.50. The Morgan fingerprint density at radius 1 is 1.26 bits per heavy atom. The summed E-state index contributed by atoms with van der Waals surface area (Å²) < 4.78 is 27.7. The Morgan fingerprint density at radius 2 is 2.09 bits per heavy atom. The highest BCUT2D eigenvalue weighted by Crippen LogP contribution is 2.25. The maximum Gasteiger partial charge on any atom is 0.240 e. The van der Waals surface area contributed by atoms with Crippen LogP contribution >= 0.6 is 0 Å². The molecule has 2 N–H and O–H groups in total. The third-order valence-corrected chi connectivity index (χ3v) is 5.97. The SMILES string of the molecule is CC(CNCC1CCC1)NS(=O)(=O)c1ccc2cnccc2c1. The van der Waals surface area contributed by atoms with Crippen LogP contribution in [0, 0.1) is 5.92 Å². The average molecular weight is 333 g/mol. The molecule has 1 atom stereocenters. The predicted octanol–water partition coefficient (Wildman–Crippen LogP) is 2.29. The Kier molecular flexibility index (Phi) is 4.94. The van der Waals surface area contributed by atoms with Gasteiger partial charge in [0.15, 0.2) is 0 Å². The number of pyridine rings is 1. The summed E-state index contributed by atoms with van der Waals surface area (Å²) in [6, 6.07) is 6.77. The molecule has 0 bridgehead atoms. The third kappa shape index (κ3) is 4.07. The number of sulfonamides is 1. The highest BCUT2D eigenvalue weighted by atomic mass is 32.2. The Hall–Kier alpha value is -1.50. The Balaban J connectivity index is 1.62. The second-order valence-electron chi connectivity index (χ2n) is 6.36. The topological polar surface area (TPSA) is 71.1 Å². The number of benzene rings is 1. The van der Waals surface area contributed by atoms with Gasteiger partial charge < -0.3 is 5.32 Å². The first kappa shape index (κ1) is 16.4. The minimum absolute atomic E-state index is 0.145. The molecule has 1 aromatic carbocycles. The molecule has 1 unspecified atom stereocenters. The molecule has 2 aromatic rings. The second kappa shape index (κ2) is 6.95. The van der Waals surface area contributed by atoms with E-state index in [1.54, 1.807) is 30.6 Å². The first-order valence-electron chi connectivity index (χ1n) is 8.11. The van der Waals surface area contributed by atoms with Gasteiger partial charge in [-0.3, -0.25) is 4.98 Å². The quantitative estimate of drug-likeness (QED) is 0.815. The summed E-state index contributed by atoms with van der Waals surface area (Å²) in [5.74, 6) is 0.771. The lowest BCUT2D eigenvalue weighted by Gasteiger charge is -2.26. The van der Waals surface area contributed by atoms with E-state index in [2.05, 4.69) is 15.0 Å². The molecule has 1 saturated carbocycles. The van der Waals surface area contributed by atoms with Crippen molar-refractivity contribution >= 4 is 20.8 Å². The summed E-state index contributed by atoms with van der Waals surface area (Å²) >= 11 is 0. The smallest absolute Gasteiger partial charge is 0.240 e. The fraction of sp³-hybridized carbons (Fsp3) is 0.471. The number of hydrogen-bond acceptors (Lipinski definition) is 4. The summed E-state index contributed by atoms with van der Waals surface area (Å²) in [5, 5.41) is 5.16. The lowest BCUT2D eigenvalue weighted by molar-refractivity contribution is 0.299. The molecule has 124 valence electrons. The van der Waals surface area contributed by atoms with E-state index in [0.29, 0.717) is 11.4 Å². The van der Waals surface area contributed by atoms with E-state index in [4.69, 9.17) is 0 Å². The van der Waals surface area contributed by atoms with E-state index in [1.807, 2.05) is 13.0 Å². The van der Waals surface area contributed by atoms with Crippen molar-refractivity contribution in [3.63, 3.8) is 0 Å². The highest BCUT2D eigenvalue weighted by molar-refractivity contribution is 7.89. The van der Waals surface area contributed by atoms with Crippen molar-refractivity contribution in [3.8, 4) is 0 Å². The van der Waals surface area contributed by atoms with Crippen LogP contribution in [0.15, 0.2) is 41.6 Å². The second-order valence-corrected chi connectivity index (χ2v) is 8.08. The first-order chi connectivity index (χ1) is 11.0. The van der Waals surface area contributed by atoms with Crippen LogP contribution in [0.2, 0.25) is 0 Å². The van der Waals surface area contributed by atoms with E-state index in [1.165, 1.54) is 19.3 Å². The molecule has 0 aliphatic heterocycles. The number of fused-ring (bicyclic) bond motifs is 1. The van der Waals surface area contributed by atoms with Crippen molar-refractivity contribution in [1.29, 1.82) is 0 Å². The summed E-state index contributed by atoms with van der Waals surface area (Å²) in [4.78, 5) is 4.33. The fourth-order valence-corrected chi connectivity index (χ4v) is 4.08. The standard InChI is InChI=1S/C17H23N3O2S/c1-13(10-19-11-14-3-2-4-14)20-23(21,22)17-6-5-16-12-18-8-7-15(16)9-17/h5-9,12-14,19-20H,2-4,10-11H2,1H3. The van der Waals surface area contributed by atoms with E-state index < -0.39 is 10.0 Å². The van der Waals surface area contributed by atoms with E-state index in [-0.39, 0.29) is 6.04 Å². The fourth-order valence-electron chi connectivity index (χ4n) is 2.80. The van der Waals surface area contributed by atoms with Crippen molar-refractivity contribution < 1.29 is 8.42 Å². The van der Waals surface area contributed by atoms with E-state index in [0.717, 1.165) is 23.2 Å². The molecule has 1 aliphatic carbocycles. The normalized spacial score (nSPS) is 17.1. The number of nitrogens with zero attached hydrogens (tertiary/aromatic N) is 1. The van der Waals surface area contributed by atoms with Crippen LogP contribution < -0.4 is 10.0 Å². The van der Waals surface area contributed by atoms with Crippen LogP contribution in [0.1, 0.15) is 26.2 Å². The van der Waals surface area contributed by atoms with Gasteiger partial charge in [0.05, 0.1) is 4.90 Å². The van der Waals surface area contributed by atoms with Gasteiger partial charge in [0.25, 0.3) is 0 Å². The minimum Gasteiger partial charge on any atom is -0.315 e. The minimum atomic E-state index is -3.50. The molecule has 1 heterocycles. The molecule has 6 heteroatoms. The molecule has 0 spiro atoms. The van der Waals surface area contributed by atoms with Gasteiger partial charge in [0.1, 0.15) is 0 Å². The van der Waals surface area contributed by atoms with Crippen molar-refractivity contribution in [2.24, 2.45) is 5.92 Å². The van der Waals surface area contributed by atoms with Crippen LogP contribution in [0.3, 0.4) is 0 Å². The zero-order valence-electron chi connectivity index (χ0n) is 13.3. The molecule has 1 aromatic heterocycles. The largest absolute Gasteiger partial charge is 0.315 e. The first-order valence-corrected chi connectivity index (χ1v) is 9.60. The van der Waals surface area contributed by atoms with Crippen molar-refractivity contribution in [3.05, 3.63) is 36.7 Å². The lowest BCUT2D eigenvalue weighted by atomic mass is 9.85.